The molecule has 1 spiro atoms. The summed E-state index contributed by atoms with van der Waals surface area (Å²) < 4.78 is 0. The maximum Gasteiger partial charge on any atom is 0.222 e. The summed E-state index contributed by atoms with van der Waals surface area (Å²) in [6.07, 6.45) is 7.94. The van der Waals surface area contributed by atoms with Crippen molar-refractivity contribution in [2.24, 2.45) is 5.41 Å². The van der Waals surface area contributed by atoms with Crippen LogP contribution in [0.5, 0.6) is 0 Å². The summed E-state index contributed by atoms with van der Waals surface area (Å²) in [4.78, 5) is 21.4. The van der Waals surface area contributed by atoms with Gasteiger partial charge in [-0.05, 0) is 55.5 Å². The van der Waals surface area contributed by atoms with Crippen LogP contribution in [0.3, 0.4) is 0 Å². The highest BCUT2D eigenvalue weighted by Gasteiger charge is 2.41. The topological polar surface area (TPSA) is 36.4 Å². The van der Waals surface area contributed by atoms with Gasteiger partial charge in [0.05, 0.1) is 0 Å². The van der Waals surface area contributed by atoms with Gasteiger partial charge in [-0.15, -0.1) is 0 Å². The highest BCUT2D eigenvalue weighted by molar-refractivity contribution is 8.03. The van der Waals surface area contributed by atoms with Crippen LogP contribution in [0.2, 0.25) is 0 Å². The van der Waals surface area contributed by atoms with Crippen molar-refractivity contribution >= 4 is 29.4 Å². The van der Waals surface area contributed by atoms with Crippen LogP contribution in [-0.2, 0) is 11.3 Å². The number of hydrogen-bond acceptors (Lipinski definition) is 5. The van der Waals surface area contributed by atoms with Crippen LogP contribution in [0, 0.1) is 5.41 Å². The number of amides is 1. The fourth-order valence-corrected chi connectivity index (χ4v) is 7.17. The molecule has 26 heavy (non-hydrogen) atoms. The molecule has 0 atom stereocenters. The molecular formula is C20H29N3OS2. The Balaban J connectivity index is 1.36. The fourth-order valence-electron chi connectivity index (χ4n) is 4.54. The Labute approximate surface area is 165 Å². The predicted molar refractivity (Wildman–Crippen MR) is 111 cm³/mol. The van der Waals surface area contributed by atoms with Crippen LogP contribution in [0.4, 0.5) is 0 Å². The molecule has 4 heterocycles. The van der Waals surface area contributed by atoms with Gasteiger partial charge in [-0.2, -0.15) is 23.5 Å². The minimum absolute atomic E-state index is 0.325. The van der Waals surface area contributed by atoms with Crippen molar-refractivity contribution in [1.82, 2.24) is 14.8 Å². The molecule has 0 saturated carbocycles. The average Bonchev–Trinajstić information content (AvgIpc) is 2.96. The molecule has 0 aromatic carbocycles. The van der Waals surface area contributed by atoms with E-state index in [-0.39, 0.29) is 0 Å². The van der Waals surface area contributed by atoms with E-state index in [0.717, 1.165) is 32.0 Å². The minimum Gasteiger partial charge on any atom is -0.338 e. The summed E-state index contributed by atoms with van der Waals surface area (Å²) in [6, 6.07) is 4.81. The first-order valence-electron chi connectivity index (χ1n) is 9.80. The van der Waals surface area contributed by atoms with Gasteiger partial charge < -0.3 is 4.90 Å². The number of piperidine rings is 2. The molecule has 1 amide bonds. The zero-order valence-electron chi connectivity index (χ0n) is 15.4. The van der Waals surface area contributed by atoms with Gasteiger partial charge in [-0.25, -0.2) is 0 Å². The van der Waals surface area contributed by atoms with Crippen molar-refractivity contribution in [3.63, 3.8) is 0 Å². The molecule has 1 aromatic rings. The number of hydrogen-bond donors (Lipinski definition) is 0. The number of carbonyl (C=O) groups excluding carboxylic acids is 1. The van der Waals surface area contributed by atoms with E-state index in [9.17, 15) is 4.79 Å². The van der Waals surface area contributed by atoms with Crippen LogP contribution in [0.15, 0.2) is 24.5 Å². The molecule has 0 N–H and O–H groups in total. The third-order valence-electron chi connectivity index (χ3n) is 6.24. The Bertz CT molecular complexity index is 596. The Morgan fingerprint density at radius 3 is 2.46 bits per heavy atom. The molecule has 0 aliphatic carbocycles. The minimum atomic E-state index is 0.325. The number of carbonyl (C=O) groups is 1. The van der Waals surface area contributed by atoms with Crippen molar-refractivity contribution < 1.29 is 4.79 Å². The van der Waals surface area contributed by atoms with Crippen LogP contribution >= 0.6 is 23.5 Å². The molecule has 3 aliphatic heterocycles. The second-order valence-corrected chi connectivity index (χ2v) is 10.2. The number of rotatable bonds is 3. The fraction of sp³-hybridized carbons (Fsp3) is 0.700. The zero-order valence-corrected chi connectivity index (χ0v) is 17.1. The summed E-state index contributed by atoms with van der Waals surface area (Å²) in [5.74, 6) is 5.54. The molecule has 0 unspecified atom stereocenters. The van der Waals surface area contributed by atoms with Gasteiger partial charge in [0.2, 0.25) is 5.91 Å². The third kappa shape index (κ3) is 4.39. The maximum absolute atomic E-state index is 12.5. The predicted octanol–water partition coefficient (Wildman–Crippen LogP) is 3.13. The van der Waals surface area contributed by atoms with E-state index in [4.69, 9.17) is 0 Å². The Morgan fingerprint density at radius 2 is 1.77 bits per heavy atom. The lowest BCUT2D eigenvalue weighted by molar-refractivity contribution is -0.140. The molecule has 3 aliphatic rings. The summed E-state index contributed by atoms with van der Waals surface area (Å²) in [5, 5.41) is 0. The number of pyridine rings is 1. The van der Waals surface area contributed by atoms with Gasteiger partial charge >= 0.3 is 0 Å². The summed E-state index contributed by atoms with van der Waals surface area (Å²) in [6.45, 7) is 4.10. The van der Waals surface area contributed by atoms with Gasteiger partial charge in [-0.1, -0.05) is 0 Å². The second-order valence-electron chi connectivity index (χ2n) is 7.94. The van der Waals surface area contributed by atoms with Crippen LogP contribution in [0.25, 0.3) is 0 Å². The number of likely N-dealkylation sites (tertiary alicyclic amines) is 2. The Kier molecular flexibility index (Phi) is 6.11. The average molecular weight is 392 g/mol. The molecule has 3 saturated heterocycles. The van der Waals surface area contributed by atoms with E-state index < -0.39 is 0 Å². The smallest absolute Gasteiger partial charge is 0.222 e. The molecule has 3 fully saturated rings. The van der Waals surface area contributed by atoms with Gasteiger partial charge in [0.1, 0.15) is 0 Å². The largest absolute Gasteiger partial charge is 0.338 e. The van der Waals surface area contributed by atoms with E-state index >= 15 is 0 Å². The molecule has 0 bridgehead atoms. The molecule has 1 aromatic heterocycles. The lowest BCUT2D eigenvalue weighted by Gasteiger charge is -2.49. The SMILES string of the molecule is O=C1CCC2(CCN(C3CSCCSC3)CC2)CN1Cc1ccncc1. The van der Waals surface area contributed by atoms with Crippen molar-refractivity contribution in [3.05, 3.63) is 30.1 Å². The molecule has 6 heteroatoms. The molecule has 4 rings (SSSR count). The molecular weight excluding hydrogens is 362 g/mol. The van der Waals surface area contributed by atoms with Gasteiger partial charge in [0.25, 0.3) is 0 Å². The van der Waals surface area contributed by atoms with Crippen molar-refractivity contribution in [2.75, 3.05) is 42.6 Å². The summed E-state index contributed by atoms with van der Waals surface area (Å²) in [7, 11) is 0. The molecule has 142 valence electrons. The van der Waals surface area contributed by atoms with Crippen LogP contribution in [0.1, 0.15) is 31.2 Å². The summed E-state index contributed by atoms with van der Waals surface area (Å²) >= 11 is 4.25. The monoisotopic (exact) mass is 391 g/mol. The molecule has 0 radical (unpaired) electrons. The first kappa shape index (κ1) is 18.6. The van der Waals surface area contributed by atoms with Gasteiger partial charge in [0.15, 0.2) is 0 Å². The number of nitrogens with zero attached hydrogens (tertiary/aromatic N) is 3. The normalized spacial score (nSPS) is 25.4. The van der Waals surface area contributed by atoms with Gasteiger partial charge in [-0.3, -0.25) is 14.7 Å². The lowest BCUT2D eigenvalue weighted by atomic mass is 9.72. The highest BCUT2D eigenvalue weighted by Crippen LogP contribution is 2.41. The second kappa shape index (κ2) is 8.53. The van der Waals surface area contributed by atoms with Gasteiger partial charge in [0, 0.05) is 61.0 Å². The first-order chi connectivity index (χ1) is 12.7. The lowest BCUT2D eigenvalue weighted by Crippen LogP contribution is -2.53. The van der Waals surface area contributed by atoms with E-state index in [1.54, 1.807) is 0 Å². The van der Waals surface area contributed by atoms with Crippen LogP contribution < -0.4 is 0 Å². The number of aromatic nitrogens is 1. The van der Waals surface area contributed by atoms with E-state index in [0.29, 0.717) is 11.3 Å². The van der Waals surface area contributed by atoms with Crippen molar-refractivity contribution in [3.8, 4) is 0 Å². The van der Waals surface area contributed by atoms with E-state index in [1.165, 1.54) is 54.5 Å². The zero-order chi connectivity index (χ0) is 17.8. The standard InChI is InChI=1S/C20H29N3OS2/c24-19-1-4-20(16-23(19)13-17-2-7-21-8-3-17)5-9-22(10-6-20)18-14-25-11-12-26-15-18/h2-3,7-8,18H,1,4-6,9-16H2. The third-order valence-corrected chi connectivity index (χ3v) is 8.72. The van der Waals surface area contributed by atoms with Crippen molar-refractivity contribution in [2.45, 2.75) is 38.3 Å². The van der Waals surface area contributed by atoms with Crippen LogP contribution in [-0.4, -0.2) is 69.4 Å². The highest BCUT2D eigenvalue weighted by atomic mass is 32.2. The first-order valence-corrected chi connectivity index (χ1v) is 12.1. The van der Waals surface area contributed by atoms with E-state index in [2.05, 4.69) is 38.3 Å². The van der Waals surface area contributed by atoms with Crippen molar-refractivity contribution in [1.29, 1.82) is 0 Å². The summed E-state index contributed by atoms with van der Waals surface area (Å²) in [5.41, 5.74) is 1.54. The van der Waals surface area contributed by atoms with E-state index in [1.807, 2.05) is 24.5 Å². The Morgan fingerprint density at radius 1 is 1.08 bits per heavy atom. The maximum atomic E-state index is 12.5. The quantitative estimate of drug-likeness (QED) is 0.791. The number of thioether (sulfide) groups is 2. The Hall–Kier alpha value is -0.720. The molecule has 4 nitrogen and oxygen atoms in total.